The fraction of sp³-hybridized carbons (Fsp3) is 0.353. The molecule has 0 aromatic heterocycles. The molecule has 0 fully saturated rings. The third-order valence-corrected chi connectivity index (χ3v) is 3.90. The molecule has 2 rings (SSSR count). The van der Waals surface area contributed by atoms with E-state index in [1.165, 1.54) is 18.9 Å². The van der Waals surface area contributed by atoms with Crippen molar-refractivity contribution in [1.82, 2.24) is 4.90 Å². The molecule has 2 N–H and O–H groups in total. The number of hydrogen-bond acceptors (Lipinski definition) is 5. The first kappa shape index (κ1) is 17.5. The molecule has 0 bridgehead atoms. The van der Waals surface area contributed by atoms with E-state index < -0.39 is 29.5 Å². The van der Waals surface area contributed by atoms with Gasteiger partial charge in [-0.15, -0.1) is 0 Å². The molecule has 0 spiro atoms. The van der Waals surface area contributed by atoms with Crippen molar-refractivity contribution in [3.63, 3.8) is 0 Å². The summed E-state index contributed by atoms with van der Waals surface area (Å²) < 4.78 is 5.09. The van der Waals surface area contributed by atoms with Gasteiger partial charge in [-0.1, -0.05) is 12.1 Å². The summed E-state index contributed by atoms with van der Waals surface area (Å²) in [7, 11) is 1.53. The average molecular weight is 333 g/mol. The molecule has 1 aromatic rings. The number of carboxylic acid groups (broad SMARTS) is 1. The van der Waals surface area contributed by atoms with Gasteiger partial charge in [0.05, 0.1) is 18.7 Å². The highest BCUT2D eigenvalue weighted by Gasteiger charge is 2.41. The van der Waals surface area contributed by atoms with Crippen LogP contribution in [0.2, 0.25) is 0 Å². The van der Waals surface area contributed by atoms with Crippen LogP contribution in [-0.4, -0.2) is 46.4 Å². The molecule has 1 aromatic carbocycles. The van der Waals surface area contributed by atoms with Gasteiger partial charge < -0.3 is 19.8 Å². The summed E-state index contributed by atoms with van der Waals surface area (Å²) in [6.45, 7) is 1.42. The SMILES string of the molecule is COc1ccc([C@@H]2C(C(C)=O)=C(O)C(=O)N2CCCC(=O)O)cc1. The Labute approximate surface area is 139 Å². The number of aliphatic hydroxyl groups excluding tert-OH is 1. The Balaban J connectivity index is 2.36. The number of aliphatic hydroxyl groups is 1. The molecule has 1 aliphatic heterocycles. The second-order valence-corrected chi connectivity index (χ2v) is 5.49. The zero-order chi connectivity index (χ0) is 17.9. The predicted octanol–water partition coefficient (Wildman–Crippen LogP) is 1.84. The van der Waals surface area contributed by atoms with E-state index in [0.29, 0.717) is 11.3 Å². The molecule has 1 atom stereocenters. The average Bonchev–Trinajstić information content (AvgIpc) is 2.79. The normalized spacial score (nSPS) is 17.3. The minimum atomic E-state index is -0.966. The summed E-state index contributed by atoms with van der Waals surface area (Å²) in [5.41, 5.74) is 0.675. The van der Waals surface area contributed by atoms with Gasteiger partial charge in [0.15, 0.2) is 11.5 Å². The minimum Gasteiger partial charge on any atom is -0.503 e. The number of hydrogen-bond donors (Lipinski definition) is 2. The Morgan fingerprint density at radius 2 is 1.88 bits per heavy atom. The first-order valence-electron chi connectivity index (χ1n) is 7.47. The van der Waals surface area contributed by atoms with Crippen molar-refractivity contribution in [2.75, 3.05) is 13.7 Å². The Morgan fingerprint density at radius 3 is 2.38 bits per heavy atom. The number of amides is 1. The van der Waals surface area contributed by atoms with Crippen molar-refractivity contribution < 1.29 is 29.3 Å². The van der Waals surface area contributed by atoms with E-state index in [1.54, 1.807) is 24.3 Å². The van der Waals surface area contributed by atoms with Gasteiger partial charge in [0.2, 0.25) is 0 Å². The highest BCUT2D eigenvalue weighted by atomic mass is 16.5. The lowest BCUT2D eigenvalue weighted by Crippen LogP contribution is -2.32. The molecule has 0 aliphatic carbocycles. The summed E-state index contributed by atoms with van der Waals surface area (Å²) in [6, 6.07) is 6.09. The maximum atomic E-state index is 12.3. The number of ketones is 1. The number of nitrogens with zero attached hydrogens (tertiary/aromatic N) is 1. The fourth-order valence-corrected chi connectivity index (χ4v) is 2.78. The van der Waals surface area contributed by atoms with Crippen LogP contribution in [0.5, 0.6) is 5.75 Å². The molecule has 0 saturated heterocycles. The number of carboxylic acids is 1. The smallest absolute Gasteiger partial charge is 0.303 e. The molecule has 0 saturated carbocycles. The van der Waals surface area contributed by atoms with E-state index in [0.717, 1.165) is 0 Å². The number of rotatable bonds is 7. The lowest BCUT2D eigenvalue weighted by atomic mass is 9.96. The minimum absolute atomic E-state index is 0.0282. The van der Waals surface area contributed by atoms with Gasteiger partial charge in [-0.25, -0.2) is 0 Å². The molecule has 1 heterocycles. The van der Waals surface area contributed by atoms with Gasteiger partial charge in [-0.05, 0) is 31.0 Å². The predicted molar refractivity (Wildman–Crippen MR) is 84.7 cm³/mol. The van der Waals surface area contributed by atoms with Crippen molar-refractivity contribution >= 4 is 17.7 Å². The van der Waals surface area contributed by atoms with Crippen LogP contribution in [0, 0.1) is 0 Å². The Morgan fingerprint density at radius 1 is 1.25 bits per heavy atom. The van der Waals surface area contributed by atoms with Gasteiger partial charge >= 0.3 is 5.97 Å². The molecule has 0 radical (unpaired) electrons. The van der Waals surface area contributed by atoms with E-state index in [9.17, 15) is 19.5 Å². The van der Waals surface area contributed by atoms with E-state index in [2.05, 4.69) is 0 Å². The monoisotopic (exact) mass is 333 g/mol. The van der Waals surface area contributed by atoms with Crippen molar-refractivity contribution in [2.24, 2.45) is 0 Å². The van der Waals surface area contributed by atoms with Crippen LogP contribution in [0.3, 0.4) is 0 Å². The van der Waals surface area contributed by atoms with Crippen molar-refractivity contribution in [2.45, 2.75) is 25.8 Å². The molecular formula is C17H19NO6. The summed E-state index contributed by atoms with van der Waals surface area (Å²) >= 11 is 0. The molecule has 24 heavy (non-hydrogen) atoms. The van der Waals surface area contributed by atoms with Gasteiger partial charge in [-0.2, -0.15) is 0 Å². The number of carbonyl (C=O) groups is 3. The summed E-state index contributed by atoms with van der Waals surface area (Å²) in [6.07, 6.45) is 0.126. The number of ether oxygens (including phenoxy) is 1. The number of carbonyl (C=O) groups excluding carboxylic acids is 2. The molecule has 7 nitrogen and oxygen atoms in total. The summed E-state index contributed by atoms with van der Waals surface area (Å²) in [5, 5.41) is 18.8. The van der Waals surface area contributed by atoms with Crippen molar-refractivity contribution in [3.8, 4) is 5.75 Å². The number of benzene rings is 1. The molecular weight excluding hydrogens is 314 g/mol. The molecule has 128 valence electrons. The van der Waals surface area contributed by atoms with E-state index >= 15 is 0 Å². The quantitative estimate of drug-likeness (QED) is 0.789. The van der Waals surface area contributed by atoms with Crippen LogP contribution in [0.15, 0.2) is 35.6 Å². The van der Waals surface area contributed by atoms with Crippen LogP contribution in [0.1, 0.15) is 31.4 Å². The van der Waals surface area contributed by atoms with E-state index in [-0.39, 0.29) is 25.0 Å². The maximum absolute atomic E-state index is 12.3. The topological polar surface area (TPSA) is 104 Å². The summed E-state index contributed by atoms with van der Waals surface area (Å²) in [4.78, 5) is 36.2. The second kappa shape index (κ2) is 7.16. The number of Topliss-reactive ketones (excluding diaryl/α,β-unsaturated/α-hetero) is 1. The zero-order valence-corrected chi connectivity index (χ0v) is 13.5. The zero-order valence-electron chi connectivity index (χ0n) is 13.5. The molecule has 7 heteroatoms. The van der Waals surface area contributed by atoms with Crippen LogP contribution in [-0.2, 0) is 14.4 Å². The Kier molecular flexibility index (Phi) is 5.23. The third kappa shape index (κ3) is 3.40. The third-order valence-electron chi connectivity index (χ3n) is 3.90. The van der Waals surface area contributed by atoms with Gasteiger partial charge in [0.25, 0.3) is 5.91 Å². The second-order valence-electron chi connectivity index (χ2n) is 5.49. The van der Waals surface area contributed by atoms with Crippen LogP contribution >= 0.6 is 0 Å². The van der Waals surface area contributed by atoms with Crippen molar-refractivity contribution in [3.05, 3.63) is 41.2 Å². The number of methoxy groups -OCH3 is 1. The lowest BCUT2D eigenvalue weighted by Gasteiger charge is -2.26. The van der Waals surface area contributed by atoms with E-state index in [4.69, 9.17) is 9.84 Å². The molecule has 1 amide bonds. The van der Waals surface area contributed by atoms with Crippen LogP contribution in [0.4, 0.5) is 0 Å². The van der Waals surface area contributed by atoms with Gasteiger partial charge in [-0.3, -0.25) is 14.4 Å². The van der Waals surface area contributed by atoms with Crippen molar-refractivity contribution in [1.29, 1.82) is 0 Å². The maximum Gasteiger partial charge on any atom is 0.303 e. The highest BCUT2D eigenvalue weighted by molar-refractivity contribution is 6.08. The molecule has 0 unspecified atom stereocenters. The standard InChI is InChI=1S/C17H19NO6/c1-10(19)14-15(11-5-7-12(24-2)8-6-11)18(17(23)16(14)22)9-3-4-13(20)21/h5-8,15,22H,3-4,9H2,1-2H3,(H,20,21)/t15-/m1/s1. The molecule has 1 aliphatic rings. The van der Waals surface area contributed by atoms with Crippen LogP contribution in [0.25, 0.3) is 0 Å². The first-order chi connectivity index (χ1) is 11.4. The van der Waals surface area contributed by atoms with Gasteiger partial charge in [0.1, 0.15) is 5.75 Å². The van der Waals surface area contributed by atoms with E-state index in [1.807, 2.05) is 0 Å². The van der Waals surface area contributed by atoms with Crippen LogP contribution < -0.4 is 4.74 Å². The largest absolute Gasteiger partial charge is 0.503 e. The van der Waals surface area contributed by atoms with Gasteiger partial charge in [0, 0.05) is 13.0 Å². The lowest BCUT2D eigenvalue weighted by molar-refractivity contribution is -0.138. The number of aliphatic carboxylic acids is 1. The highest BCUT2D eigenvalue weighted by Crippen LogP contribution is 2.38. The Bertz CT molecular complexity index is 692. The first-order valence-corrected chi connectivity index (χ1v) is 7.47. The fourth-order valence-electron chi connectivity index (χ4n) is 2.78. The summed E-state index contributed by atoms with van der Waals surface area (Å²) in [5.74, 6) is -1.97. The Hall–Kier alpha value is -2.83.